The number of nitrogens with two attached hydrogens (primary N) is 1. The molecule has 5 nitrogen and oxygen atoms in total. The smallest absolute Gasteiger partial charge is 0.237 e. The van der Waals surface area contributed by atoms with E-state index < -0.39 is 0 Å². The zero-order valence-corrected chi connectivity index (χ0v) is 11.7. The third-order valence-corrected chi connectivity index (χ3v) is 3.65. The third kappa shape index (κ3) is 4.55. The summed E-state index contributed by atoms with van der Waals surface area (Å²) >= 11 is 0. The van der Waals surface area contributed by atoms with Crippen molar-refractivity contribution in [2.24, 2.45) is 5.73 Å². The average Bonchev–Trinajstić information content (AvgIpc) is 2.31. The maximum Gasteiger partial charge on any atom is 0.237 e. The van der Waals surface area contributed by atoms with E-state index >= 15 is 0 Å². The summed E-state index contributed by atoms with van der Waals surface area (Å²) in [7, 11) is 1.64. The zero-order valence-electron chi connectivity index (χ0n) is 11.7. The van der Waals surface area contributed by atoms with E-state index in [4.69, 9.17) is 10.5 Å². The van der Waals surface area contributed by atoms with Crippen LogP contribution in [0.15, 0.2) is 0 Å². The van der Waals surface area contributed by atoms with Crippen molar-refractivity contribution < 1.29 is 9.53 Å². The SMILES string of the molecule is COCCNC(=O)C(C)N(CCCN)C1CCC1. The molecule has 1 rings (SSSR count). The maximum absolute atomic E-state index is 12.0. The van der Waals surface area contributed by atoms with Gasteiger partial charge in [-0.1, -0.05) is 6.42 Å². The summed E-state index contributed by atoms with van der Waals surface area (Å²) in [5, 5.41) is 2.91. The van der Waals surface area contributed by atoms with Crippen LogP contribution >= 0.6 is 0 Å². The topological polar surface area (TPSA) is 67.6 Å². The monoisotopic (exact) mass is 257 g/mol. The van der Waals surface area contributed by atoms with Gasteiger partial charge >= 0.3 is 0 Å². The molecule has 1 atom stereocenters. The standard InChI is InChI=1S/C13H27N3O2/c1-11(13(17)15-8-10-18-2)16(9-4-7-14)12-5-3-6-12/h11-12H,3-10,14H2,1-2H3,(H,15,17). The number of nitrogens with zero attached hydrogens (tertiary/aromatic N) is 1. The van der Waals surface area contributed by atoms with Gasteiger partial charge in [-0.25, -0.2) is 0 Å². The number of carbonyl (C=O) groups is 1. The molecule has 0 radical (unpaired) electrons. The molecule has 3 N–H and O–H groups in total. The molecule has 1 saturated carbocycles. The maximum atomic E-state index is 12.0. The number of hydrogen-bond acceptors (Lipinski definition) is 4. The van der Waals surface area contributed by atoms with Crippen molar-refractivity contribution in [3.05, 3.63) is 0 Å². The Bertz CT molecular complexity index is 244. The summed E-state index contributed by atoms with van der Waals surface area (Å²) in [5.41, 5.74) is 5.57. The Morgan fingerprint density at radius 2 is 2.28 bits per heavy atom. The average molecular weight is 257 g/mol. The molecule has 106 valence electrons. The van der Waals surface area contributed by atoms with Gasteiger partial charge in [-0.3, -0.25) is 9.69 Å². The van der Waals surface area contributed by atoms with Crippen molar-refractivity contribution in [3.8, 4) is 0 Å². The van der Waals surface area contributed by atoms with Gasteiger partial charge in [-0.05, 0) is 32.7 Å². The van der Waals surface area contributed by atoms with Gasteiger partial charge in [-0.2, -0.15) is 0 Å². The van der Waals surface area contributed by atoms with Crippen LogP contribution in [0.3, 0.4) is 0 Å². The van der Waals surface area contributed by atoms with E-state index in [9.17, 15) is 4.79 Å². The van der Waals surface area contributed by atoms with Crippen LogP contribution < -0.4 is 11.1 Å². The van der Waals surface area contributed by atoms with E-state index in [0.717, 1.165) is 13.0 Å². The zero-order chi connectivity index (χ0) is 13.4. The van der Waals surface area contributed by atoms with E-state index in [2.05, 4.69) is 10.2 Å². The molecule has 0 spiro atoms. The molecule has 0 bridgehead atoms. The van der Waals surface area contributed by atoms with Gasteiger partial charge in [0.25, 0.3) is 0 Å². The number of hydrogen-bond donors (Lipinski definition) is 2. The molecule has 1 unspecified atom stereocenters. The van der Waals surface area contributed by atoms with Crippen LogP contribution in [0, 0.1) is 0 Å². The van der Waals surface area contributed by atoms with Gasteiger partial charge in [-0.15, -0.1) is 0 Å². The molecule has 1 fully saturated rings. The number of carbonyl (C=O) groups excluding carboxylic acids is 1. The summed E-state index contributed by atoms with van der Waals surface area (Å²) in [6, 6.07) is 0.499. The lowest BCUT2D eigenvalue weighted by molar-refractivity contribution is -0.127. The first-order valence-corrected chi connectivity index (χ1v) is 6.93. The first-order chi connectivity index (χ1) is 8.70. The Morgan fingerprint density at radius 3 is 2.78 bits per heavy atom. The fourth-order valence-electron chi connectivity index (χ4n) is 2.26. The molecule has 1 aliphatic rings. The second kappa shape index (κ2) is 8.45. The lowest BCUT2D eigenvalue weighted by atomic mass is 9.90. The van der Waals surface area contributed by atoms with Crippen molar-refractivity contribution in [1.29, 1.82) is 0 Å². The Morgan fingerprint density at radius 1 is 1.56 bits per heavy atom. The van der Waals surface area contributed by atoms with Crippen LogP contribution in [-0.2, 0) is 9.53 Å². The van der Waals surface area contributed by atoms with Crippen LogP contribution in [-0.4, -0.2) is 56.2 Å². The summed E-state index contributed by atoms with van der Waals surface area (Å²) < 4.78 is 4.93. The highest BCUT2D eigenvalue weighted by Gasteiger charge is 2.31. The van der Waals surface area contributed by atoms with Crippen molar-refractivity contribution >= 4 is 5.91 Å². The van der Waals surface area contributed by atoms with E-state index in [-0.39, 0.29) is 11.9 Å². The summed E-state index contributed by atoms with van der Waals surface area (Å²) in [5.74, 6) is 0.0935. The van der Waals surface area contributed by atoms with Crippen LogP contribution in [0.2, 0.25) is 0 Å². The molecule has 5 heteroatoms. The van der Waals surface area contributed by atoms with Crippen molar-refractivity contribution in [2.45, 2.75) is 44.7 Å². The molecule has 1 aliphatic carbocycles. The molecule has 18 heavy (non-hydrogen) atoms. The summed E-state index contributed by atoms with van der Waals surface area (Å²) in [4.78, 5) is 14.3. The number of nitrogens with one attached hydrogen (secondary N) is 1. The fourth-order valence-corrected chi connectivity index (χ4v) is 2.26. The Labute approximate surface area is 110 Å². The van der Waals surface area contributed by atoms with Gasteiger partial charge in [0.15, 0.2) is 0 Å². The van der Waals surface area contributed by atoms with Crippen molar-refractivity contribution in [3.63, 3.8) is 0 Å². The molecule has 1 amide bonds. The molecule has 0 aliphatic heterocycles. The van der Waals surface area contributed by atoms with Crippen LogP contribution in [0.25, 0.3) is 0 Å². The largest absolute Gasteiger partial charge is 0.383 e. The second-order valence-corrected chi connectivity index (χ2v) is 4.92. The minimum atomic E-state index is -0.0706. The quantitative estimate of drug-likeness (QED) is 0.585. The first-order valence-electron chi connectivity index (χ1n) is 6.93. The third-order valence-electron chi connectivity index (χ3n) is 3.65. The first kappa shape index (κ1) is 15.4. The van der Waals surface area contributed by atoms with Gasteiger partial charge < -0.3 is 15.8 Å². The number of methoxy groups -OCH3 is 1. The number of amides is 1. The lowest BCUT2D eigenvalue weighted by Gasteiger charge is -2.40. The lowest BCUT2D eigenvalue weighted by Crippen LogP contribution is -2.52. The highest BCUT2D eigenvalue weighted by atomic mass is 16.5. The number of rotatable bonds is 9. The summed E-state index contributed by atoms with van der Waals surface area (Å²) in [6.45, 7) is 4.72. The van der Waals surface area contributed by atoms with Gasteiger partial charge in [0.05, 0.1) is 12.6 Å². The molecule has 0 aromatic carbocycles. The minimum absolute atomic E-state index is 0.0706. The fraction of sp³-hybridized carbons (Fsp3) is 0.923. The van der Waals surface area contributed by atoms with Crippen molar-refractivity contribution in [2.75, 3.05) is 33.4 Å². The van der Waals surface area contributed by atoms with Crippen LogP contribution in [0.5, 0.6) is 0 Å². The predicted octanol–water partition coefficient (Wildman–Crippen LogP) is 0.341. The van der Waals surface area contributed by atoms with E-state index in [1.165, 1.54) is 19.3 Å². The predicted molar refractivity (Wildman–Crippen MR) is 72.4 cm³/mol. The molecule has 0 aromatic heterocycles. The molecule has 0 heterocycles. The van der Waals surface area contributed by atoms with Gasteiger partial charge in [0.1, 0.15) is 0 Å². The molecule has 0 saturated heterocycles. The van der Waals surface area contributed by atoms with E-state index in [1.807, 2.05) is 6.92 Å². The number of ether oxygens (including phenoxy) is 1. The Kier molecular flexibility index (Phi) is 7.23. The van der Waals surface area contributed by atoms with E-state index in [0.29, 0.717) is 25.7 Å². The van der Waals surface area contributed by atoms with Crippen LogP contribution in [0.1, 0.15) is 32.6 Å². The highest BCUT2D eigenvalue weighted by Crippen LogP contribution is 2.26. The van der Waals surface area contributed by atoms with Gasteiger partial charge in [0, 0.05) is 26.2 Å². The summed E-state index contributed by atoms with van der Waals surface area (Å²) in [6.07, 6.45) is 4.65. The molecule has 0 aromatic rings. The van der Waals surface area contributed by atoms with E-state index in [1.54, 1.807) is 7.11 Å². The highest BCUT2D eigenvalue weighted by molar-refractivity contribution is 5.81. The van der Waals surface area contributed by atoms with Crippen LogP contribution in [0.4, 0.5) is 0 Å². The normalized spacial score (nSPS) is 17.6. The molecular formula is C13H27N3O2. The Balaban J connectivity index is 2.41. The minimum Gasteiger partial charge on any atom is -0.383 e. The van der Waals surface area contributed by atoms with Gasteiger partial charge in [0.2, 0.25) is 5.91 Å². The van der Waals surface area contributed by atoms with Crippen molar-refractivity contribution in [1.82, 2.24) is 10.2 Å². The second-order valence-electron chi connectivity index (χ2n) is 4.92. The Hall–Kier alpha value is -0.650. The molecular weight excluding hydrogens is 230 g/mol.